The van der Waals surface area contributed by atoms with Crippen LogP contribution in [0.25, 0.3) is 10.8 Å². The number of carbonyl (C=O) groups excluding carboxylic acids is 1. The molecule has 0 aliphatic carbocycles. The number of fused-ring (bicyclic) bond motifs is 2. The molecule has 126 valence electrons. The van der Waals surface area contributed by atoms with E-state index in [9.17, 15) is 4.79 Å². The Bertz CT molecular complexity index is 919. The quantitative estimate of drug-likeness (QED) is 0.779. The summed E-state index contributed by atoms with van der Waals surface area (Å²) < 4.78 is 0. The zero-order valence-electron chi connectivity index (χ0n) is 14.4. The van der Waals surface area contributed by atoms with Crippen LogP contribution in [0.5, 0.6) is 0 Å². The van der Waals surface area contributed by atoms with E-state index >= 15 is 0 Å². The molecule has 1 aliphatic rings. The molecule has 25 heavy (non-hydrogen) atoms. The zero-order chi connectivity index (χ0) is 17.2. The van der Waals surface area contributed by atoms with E-state index < -0.39 is 0 Å². The predicted octanol–water partition coefficient (Wildman–Crippen LogP) is 4.23. The lowest BCUT2D eigenvalue weighted by atomic mass is 9.98. The van der Waals surface area contributed by atoms with E-state index in [0.717, 1.165) is 30.6 Å². The first-order chi connectivity index (χ1) is 12.2. The SMILES string of the molecule is CC(C(=O)Nc1ccc2ccccc2c1)N1CCc2ccccc2C1. The van der Waals surface area contributed by atoms with Gasteiger partial charge in [-0.1, -0.05) is 54.6 Å². The van der Waals surface area contributed by atoms with E-state index in [1.54, 1.807) is 0 Å². The maximum absolute atomic E-state index is 12.7. The van der Waals surface area contributed by atoms with Crippen LogP contribution in [0.3, 0.4) is 0 Å². The number of anilines is 1. The highest BCUT2D eigenvalue weighted by molar-refractivity contribution is 5.97. The van der Waals surface area contributed by atoms with Gasteiger partial charge in [0.2, 0.25) is 5.91 Å². The summed E-state index contributed by atoms with van der Waals surface area (Å²) in [6, 6.07) is 22.6. The highest BCUT2D eigenvalue weighted by Crippen LogP contribution is 2.22. The Morgan fingerprint density at radius 1 is 0.960 bits per heavy atom. The van der Waals surface area contributed by atoms with Crippen LogP contribution in [0.15, 0.2) is 66.7 Å². The number of rotatable bonds is 3. The Balaban J connectivity index is 1.47. The van der Waals surface area contributed by atoms with Gasteiger partial charge in [0.15, 0.2) is 0 Å². The van der Waals surface area contributed by atoms with Crippen molar-refractivity contribution >= 4 is 22.4 Å². The van der Waals surface area contributed by atoms with Crippen LogP contribution < -0.4 is 5.32 Å². The average molecular weight is 330 g/mol. The van der Waals surface area contributed by atoms with Crippen molar-refractivity contribution in [3.63, 3.8) is 0 Å². The van der Waals surface area contributed by atoms with E-state index in [4.69, 9.17) is 0 Å². The fraction of sp³-hybridized carbons (Fsp3) is 0.227. The van der Waals surface area contributed by atoms with E-state index in [1.807, 2.05) is 37.3 Å². The molecule has 1 aliphatic heterocycles. The molecule has 0 saturated carbocycles. The topological polar surface area (TPSA) is 32.3 Å². The Morgan fingerprint density at radius 2 is 1.68 bits per heavy atom. The monoisotopic (exact) mass is 330 g/mol. The molecule has 0 bridgehead atoms. The van der Waals surface area contributed by atoms with Crippen LogP contribution >= 0.6 is 0 Å². The molecule has 4 rings (SSSR count). The molecule has 0 radical (unpaired) electrons. The van der Waals surface area contributed by atoms with Crippen molar-refractivity contribution in [2.75, 3.05) is 11.9 Å². The van der Waals surface area contributed by atoms with Gasteiger partial charge in [-0.15, -0.1) is 0 Å². The van der Waals surface area contributed by atoms with Crippen LogP contribution in [0, 0.1) is 0 Å². The molecular formula is C22H22N2O. The van der Waals surface area contributed by atoms with Gasteiger partial charge in [0.05, 0.1) is 6.04 Å². The predicted molar refractivity (Wildman–Crippen MR) is 103 cm³/mol. The number of hydrogen-bond acceptors (Lipinski definition) is 2. The van der Waals surface area contributed by atoms with E-state index in [-0.39, 0.29) is 11.9 Å². The first-order valence-electron chi connectivity index (χ1n) is 8.81. The maximum atomic E-state index is 12.7. The fourth-order valence-electron chi connectivity index (χ4n) is 3.53. The Hall–Kier alpha value is -2.65. The first-order valence-corrected chi connectivity index (χ1v) is 8.81. The number of benzene rings is 3. The molecule has 0 fully saturated rings. The summed E-state index contributed by atoms with van der Waals surface area (Å²) in [5, 5.41) is 5.39. The maximum Gasteiger partial charge on any atom is 0.241 e. The third kappa shape index (κ3) is 3.28. The first kappa shape index (κ1) is 15.9. The average Bonchev–Trinajstić information content (AvgIpc) is 2.67. The summed E-state index contributed by atoms with van der Waals surface area (Å²) >= 11 is 0. The molecule has 3 nitrogen and oxygen atoms in total. The highest BCUT2D eigenvalue weighted by Gasteiger charge is 2.25. The van der Waals surface area contributed by atoms with E-state index in [0.29, 0.717) is 0 Å². The molecule has 1 atom stereocenters. The number of nitrogens with one attached hydrogen (secondary N) is 1. The molecule has 3 aromatic rings. The highest BCUT2D eigenvalue weighted by atomic mass is 16.2. The van der Waals surface area contributed by atoms with Gasteiger partial charge in [-0.3, -0.25) is 9.69 Å². The summed E-state index contributed by atoms with van der Waals surface area (Å²) in [6.45, 7) is 3.75. The molecule has 1 N–H and O–H groups in total. The van der Waals surface area contributed by atoms with Gasteiger partial charge in [-0.25, -0.2) is 0 Å². The number of carbonyl (C=O) groups is 1. The molecule has 1 unspecified atom stereocenters. The van der Waals surface area contributed by atoms with Crippen molar-refractivity contribution in [3.8, 4) is 0 Å². The van der Waals surface area contributed by atoms with Gasteiger partial charge in [0, 0.05) is 18.8 Å². The summed E-state index contributed by atoms with van der Waals surface area (Å²) in [4.78, 5) is 15.0. The molecule has 0 saturated heterocycles. The van der Waals surface area contributed by atoms with Gasteiger partial charge in [-0.2, -0.15) is 0 Å². The van der Waals surface area contributed by atoms with Crippen LogP contribution in [0.1, 0.15) is 18.1 Å². The second-order valence-electron chi connectivity index (χ2n) is 6.72. The van der Waals surface area contributed by atoms with Gasteiger partial charge < -0.3 is 5.32 Å². The third-order valence-corrected chi connectivity index (χ3v) is 5.10. The van der Waals surface area contributed by atoms with Gasteiger partial charge >= 0.3 is 0 Å². The molecule has 3 heteroatoms. The fourth-order valence-corrected chi connectivity index (χ4v) is 3.53. The summed E-state index contributed by atoms with van der Waals surface area (Å²) in [6.07, 6.45) is 1.00. The lowest BCUT2D eigenvalue weighted by molar-refractivity contribution is -0.121. The standard InChI is InChI=1S/C22H22N2O/c1-16(24-13-12-18-7-3-5-9-20(18)15-24)22(25)23-21-11-10-17-6-2-4-8-19(17)14-21/h2-11,14,16H,12-13,15H2,1H3,(H,23,25). The van der Waals surface area contributed by atoms with Crippen LogP contribution in [-0.2, 0) is 17.8 Å². The zero-order valence-corrected chi connectivity index (χ0v) is 14.4. The van der Waals surface area contributed by atoms with Crippen molar-refractivity contribution in [3.05, 3.63) is 77.9 Å². The molecule has 1 amide bonds. The van der Waals surface area contributed by atoms with Crippen molar-refractivity contribution in [1.82, 2.24) is 4.90 Å². The minimum absolute atomic E-state index is 0.0506. The minimum atomic E-state index is -0.153. The molecular weight excluding hydrogens is 308 g/mol. The minimum Gasteiger partial charge on any atom is -0.325 e. The third-order valence-electron chi connectivity index (χ3n) is 5.10. The van der Waals surface area contributed by atoms with Crippen molar-refractivity contribution in [1.29, 1.82) is 0 Å². The second-order valence-corrected chi connectivity index (χ2v) is 6.72. The largest absolute Gasteiger partial charge is 0.325 e. The number of hydrogen-bond donors (Lipinski definition) is 1. The summed E-state index contributed by atoms with van der Waals surface area (Å²) in [5.41, 5.74) is 3.59. The van der Waals surface area contributed by atoms with Gasteiger partial charge in [-0.05, 0) is 47.4 Å². The molecule has 0 spiro atoms. The number of nitrogens with zero attached hydrogens (tertiary/aromatic N) is 1. The summed E-state index contributed by atoms with van der Waals surface area (Å²) in [7, 11) is 0. The van der Waals surface area contributed by atoms with Crippen LogP contribution in [0.4, 0.5) is 5.69 Å². The smallest absolute Gasteiger partial charge is 0.241 e. The molecule has 0 aromatic heterocycles. The Morgan fingerprint density at radius 3 is 2.52 bits per heavy atom. The lowest BCUT2D eigenvalue weighted by Gasteiger charge is -2.32. The van der Waals surface area contributed by atoms with Gasteiger partial charge in [0.1, 0.15) is 0 Å². The Labute approximate surface area is 148 Å². The number of amides is 1. The second kappa shape index (κ2) is 6.69. The molecule has 3 aromatic carbocycles. The van der Waals surface area contributed by atoms with Crippen LogP contribution in [0.2, 0.25) is 0 Å². The van der Waals surface area contributed by atoms with E-state index in [2.05, 4.69) is 46.6 Å². The van der Waals surface area contributed by atoms with Crippen molar-refractivity contribution < 1.29 is 4.79 Å². The van der Waals surface area contributed by atoms with E-state index in [1.165, 1.54) is 16.5 Å². The van der Waals surface area contributed by atoms with Crippen molar-refractivity contribution in [2.24, 2.45) is 0 Å². The molecule has 1 heterocycles. The van der Waals surface area contributed by atoms with Gasteiger partial charge in [0.25, 0.3) is 0 Å². The lowest BCUT2D eigenvalue weighted by Crippen LogP contribution is -2.44. The van der Waals surface area contributed by atoms with Crippen LogP contribution in [-0.4, -0.2) is 23.4 Å². The summed E-state index contributed by atoms with van der Waals surface area (Å²) in [5.74, 6) is 0.0506. The van der Waals surface area contributed by atoms with Crippen molar-refractivity contribution in [2.45, 2.75) is 25.9 Å². The normalized spacial score (nSPS) is 15.6. The Kier molecular flexibility index (Phi) is 4.24.